The molecule has 0 saturated heterocycles. The van der Waals surface area contributed by atoms with Crippen LogP contribution in [-0.2, 0) is 0 Å². The molecular formula is C17H19BrN2O2. The quantitative estimate of drug-likeness (QED) is 0.804. The van der Waals surface area contributed by atoms with Crippen LogP contribution in [0.3, 0.4) is 0 Å². The van der Waals surface area contributed by atoms with Crippen molar-refractivity contribution in [3.05, 3.63) is 58.3 Å². The number of carbonyl (C=O) groups excluding carboxylic acids is 1. The molecule has 1 heterocycles. The predicted molar refractivity (Wildman–Crippen MR) is 90.1 cm³/mol. The topological polar surface area (TPSA) is 42.4 Å². The van der Waals surface area contributed by atoms with Gasteiger partial charge in [-0.2, -0.15) is 0 Å². The number of methoxy groups -OCH3 is 1. The first-order chi connectivity index (χ1) is 10.6. The molecule has 0 spiro atoms. The lowest BCUT2D eigenvalue weighted by Crippen LogP contribution is -2.33. The highest BCUT2D eigenvalue weighted by Crippen LogP contribution is 2.25. The third-order valence-corrected chi connectivity index (χ3v) is 4.03. The zero-order chi connectivity index (χ0) is 16.1. The van der Waals surface area contributed by atoms with Gasteiger partial charge in [0.05, 0.1) is 18.7 Å². The Hall–Kier alpha value is -1.88. The van der Waals surface area contributed by atoms with Gasteiger partial charge in [0.1, 0.15) is 5.75 Å². The molecule has 2 aromatic rings. The molecule has 1 aromatic heterocycles. The molecule has 116 valence electrons. The van der Waals surface area contributed by atoms with Crippen LogP contribution in [-0.4, -0.2) is 29.4 Å². The van der Waals surface area contributed by atoms with Crippen LogP contribution < -0.4 is 4.74 Å². The van der Waals surface area contributed by atoms with E-state index in [-0.39, 0.29) is 11.9 Å². The number of rotatable bonds is 5. The summed E-state index contributed by atoms with van der Waals surface area (Å²) in [5.74, 6) is 0.753. The SMILES string of the molecule is CCN(C(=O)c1cncc(Br)c1)C(C)c1cccc(OC)c1. The molecule has 0 bridgehead atoms. The molecule has 2 rings (SSSR count). The summed E-state index contributed by atoms with van der Waals surface area (Å²) in [6, 6.07) is 9.53. The van der Waals surface area contributed by atoms with E-state index in [1.807, 2.05) is 43.0 Å². The molecule has 0 N–H and O–H groups in total. The summed E-state index contributed by atoms with van der Waals surface area (Å²) < 4.78 is 6.05. The maximum absolute atomic E-state index is 12.7. The van der Waals surface area contributed by atoms with Gasteiger partial charge in [0.25, 0.3) is 5.91 Å². The van der Waals surface area contributed by atoms with Gasteiger partial charge in [-0.25, -0.2) is 0 Å². The predicted octanol–water partition coefficient (Wildman–Crippen LogP) is 4.08. The minimum absolute atomic E-state index is 0.0355. The minimum Gasteiger partial charge on any atom is -0.497 e. The van der Waals surface area contributed by atoms with Crippen LogP contribution in [0.2, 0.25) is 0 Å². The van der Waals surface area contributed by atoms with Crippen molar-refractivity contribution in [1.29, 1.82) is 0 Å². The van der Waals surface area contributed by atoms with Gasteiger partial charge in [0.2, 0.25) is 0 Å². The Kier molecular flexibility index (Phi) is 5.55. The van der Waals surface area contributed by atoms with Crippen molar-refractivity contribution in [3.63, 3.8) is 0 Å². The second kappa shape index (κ2) is 7.40. The van der Waals surface area contributed by atoms with Crippen LogP contribution in [0.25, 0.3) is 0 Å². The van der Waals surface area contributed by atoms with Gasteiger partial charge in [-0.15, -0.1) is 0 Å². The van der Waals surface area contributed by atoms with E-state index in [1.54, 1.807) is 25.6 Å². The number of nitrogens with zero attached hydrogens (tertiary/aromatic N) is 2. The summed E-state index contributed by atoms with van der Waals surface area (Å²) in [4.78, 5) is 18.6. The normalized spacial score (nSPS) is 11.8. The molecule has 22 heavy (non-hydrogen) atoms. The molecule has 0 aliphatic carbocycles. The fourth-order valence-electron chi connectivity index (χ4n) is 2.37. The molecule has 0 saturated carbocycles. The smallest absolute Gasteiger partial charge is 0.255 e. The number of carbonyl (C=O) groups is 1. The van der Waals surface area contributed by atoms with Crippen LogP contribution in [0.15, 0.2) is 47.2 Å². The maximum atomic E-state index is 12.7. The summed E-state index contributed by atoms with van der Waals surface area (Å²) in [6.07, 6.45) is 3.26. The fraction of sp³-hybridized carbons (Fsp3) is 0.294. The zero-order valence-electron chi connectivity index (χ0n) is 12.9. The molecule has 0 aliphatic heterocycles. The molecule has 1 unspecified atom stereocenters. The number of amides is 1. The first kappa shape index (κ1) is 16.5. The minimum atomic E-state index is -0.0495. The van der Waals surface area contributed by atoms with Crippen molar-refractivity contribution in [2.45, 2.75) is 19.9 Å². The Morgan fingerprint density at radius 2 is 2.14 bits per heavy atom. The van der Waals surface area contributed by atoms with Gasteiger partial charge in [-0.05, 0) is 53.5 Å². The molecule has 0 fully saturated rings. The highest BCUT2D eigenvalue weighted by molar-refractivity contribution is 9.10. The Morgan fingerprint density at radius 1 is 1.36 bits per heavy atom. The van der Waals surface area contributed by atoms with Crippen LogP contribution in [0, 0.1) is 0 Å². The molecule has 1 aromatic carbocycles. The van der Waals surface area contributed by atoms with Gasteiger partial charge in [0, 0.05) is 23.4 Å². The number of benzene rings is 1. The molecule has 1 amide bonds. The second-order valence-corrected chi connectivity index (χ2v) is 5.85. The van der Waals surface area contributed by atoms with Crippen LogP contribution in [0.4, 0.5) is 0 Å². The van der Waals surface area contributed by atoms with Gasteiger partial charge in [-0.3, -0.25) is 9.78 Å². The molecule has 1 atom stereocenters. The van der Waals surface area contributed by atoms with Crippen molar-refractivity contribution in [2.24, 2.45) is 0 Å². The van der Waals surface area contributed by atoms with Crippen molar-refractivity contribution in [2.75, 3.05) is 13.7 Å². The van der Waals surface area contributed by atoms with Gasteiger partial charge in [-0.1, -0.05) is 12.1 Å². The highest BCUT2D eigenvalue weighted by atomic mass is 79.9. The summed E-state index contributed by atoms with van der Waals surface area (Å²) >= 11 is 3.35. The van der Waals surface area contributed by atoms with Crippen LogP contribution in [0.5, 0.6) is 5.75 Å². The summed E-state index contributed by atoms with van der Waals surface area (Å²) in [6.45, 7) is 4.60. The van der Waals surface area contributed by atoms with E-state index < -0.39 is 0 Å². The zero-order valence-corrected chi connectivity index (χ0v) is 14.5. The lowest BCUT2D eigenvalue weighted by atomic mass is 10.1. The van der Waals surface area contributed by atoms with Crippen LogP contribution in [0.1, 0.15) is 35.8 Å². The van der Waals surface area contributed by atoms with E-state index >= 15 is 0 Å². The summed E-state index contributed by atoms with van der Waals surface area (Å²) in [7, 11) is 1.64. The van der Waals surface area contributed by atoms with E-state index in [0.29, 0.717) is 12.1 Å². The summed E-state index contributed by atoms with van der Waals surface area (Å²) in [5, 5.41) is 0. The second-order valence-electron chi connectivity index (χ2n) is 4.94. The van der Waals surface area contributed by atoms with Gasteiger partial charge in [0.15, 0.2) is 0 Å². The van der Waals surface area contributed by atoms with Crippen molar-refractivity contribution < 1.29 is 9.53 Å². The molecular weight excluding hydrogens is 344 g/mol. The monoisotopic (exact) mass is 362 g/mol. The fourth-order valence-corrected chi connectivity index (χ4v) is 2.73. The van der Waals surface area contributed by atoms with Crippen molar-refractivity contribution in [1.82, 2.24) is 9.88 Å². The van der Waals surface area contributed by atoms with Crippen molar-refractivity contribution in [3.8, 4) is 5.75 Å². The average molecular weight is 363 g/mol. The number of hydrogen-bond acceptors (Lipinski definition) is 3. The molecule has 5 heteroatoms. The molecule has 4 nitrogen and oxygen atoms in total. The summed E-state index contributed by atoms with van der Waals surface area (Å²) in [5.41, 5.74) is 1.61. The molecule has 0 aliphatic rings. The number of pyridine rings is 1. The first-order valence-corrected chi connectivity index (χ1v) is 7.91. The number of aromatic nitrogens is 1. The largest absolute Gasteiger partial charge is 0.497 e. The average Bonchev–Trinajstić information content (AvgIpc) is 2.55. The first-order valence-electron chi connectivity index (χ1n) is 7.12. The Morgan fingerprint density at radius 3 is 2.77 bits per heavy atom. The van der Waals surface area contributed by atoms with Gasteiger partial charge >= 0.3 is 0 Å². The number of ether oxygens (including phenoxy) is 1. The number of hydrogen-bond donors (Lipinski definition) is 0. The van der Waals surface area contributed by atoms with E-state index in [2.05, 4.69) is 20.9 Å². The lowest BCUT2D eigenvalue weighted by Gasteiger charge is -2.28. The Bertz CT molecular complexity index is 661. The highest BCUT2D eigenvalue weighted by Gasteiger charge is 2.22. The Balaban J connectivity index is 2.28. The Labute approximate surface area is 139 Å². The third-order valence-electron chi connectivity index (χ3n) is 3.60. The van der Waals surface area contributed by atoms with Crippen molar-refractivity contribution >= 4 is 21.8 Å². The van der Waals surface area contributed by atoms with Gasteiger partial charge < -0.3 is 9.64 Å². The third kappa shape index (κ3) is 3.65. The standard InChI is InChI=1S/C17H19BrN2O2/c1-4-20(17(21)14-8-15(18)11-19-10-14)12(2)13-6-5-7-16(9-13)22-3/h5-12H,4H2,1-3H3. The maximum Gasteiger partial charge on any atom is 0.255 e. The lowest BCUT2D eigenvalue weighted by molar-refractivity contribution is 0.0701. The van der Waals surface area contributed by atoms with E-state index in [4.69, 9.17) is 4.74 Å². The van der Waals surface area contributed by atoms with E-state index in [1.165, 1.54) is 0 Å². The van der Waals surface area contributed by atoms with E-state index in [0.717, 1.165) is 15.8 Å². The van der Waals surface area contributed by atoms with Crippen LogP contribution >= 0.6 is 15.9 Å². The molecule has 0 radical (unpaired) electrons. The van der Waals surface area contributed by atoms with E-state index in [9.17, 15) is 4.79 Å². The number of halogens is 1.